The predicted octanol–water partition coefficient (Wildman–Crippen LogP) is 1.86. The second-order valence-corrected chi connectivity index (χ2v) is 3.98. The quantitative estimate of drug-likeness (QED) is 0.563. The van der Waals surface area contributed by atoms with Crippen LogP contribution in [0.25, 0.3) is 0 Å². The zero-order valence-electron chi connectivity index (χ0n) is 10.2. The normalized spacial score (nSPS) is 12.2. The molecular weight excluding hydrogens is 261 g/mol. The van der Waals surface area contributed by atoms with Crippen LogP contribution < -0.4 is 10.1 Å². The summed E-state index contributed by atoms with van der Waals surface area (Å²) in [5.41, 5.74) is 0.566. The lowest BCUT2D eigenvalue weighted by atomic mass is 10.2. The standard InChI is InChI=1S/C12H17ClFNO3/c1-17-4-5-18-12-3-2-9(6-11(12)14)15-8-10(16)7-13/h2-3,6,10,15-16H,4-5,7-8H2,1H3. The molecule has 0 spiro atoms. The molecule has 0 fully saturated rings. The Morgan fingerprint density at radius 1 is 1.44 bits per heavy atom. The molecule has 1 atom stereocenters. The molecule has 0 aliphatic carbocycles. The van der Waals surface area contributed by atoms with Gasteiger partial charge in [-0.15, -0.1) is 11.6 Å². The molecule has 0 aliphatic rings. The molecule has 6 heteroatoms. The molecule has 1 unspecified atom stereocenters. The van der Waals surface area contributed by atoms with E-state index in [0.29, 0.717) is 18.9 Å². The number of hydrogen-bond donors (Lipinski definition) is 2. The van der Waals surface area contributed by atoms with Gasteiger partial charge in [0.1, 0.15) is 6.61 Å². The highest BCUT2D eigenvalue weighted by Gasteiger charge is 2.06. The van der Waals surface area contributed by atoms with Gasteiger partial charge in [0, 0.05) is 25.4 Å². The van der Waals surface area contributed by atoms with Crippen molar-refractivity contribution in [2.45, 2.75) is 6.10 Å². The van der Waals surface area contributed by atoms with Crippen LogP contribution in [-0.2, 0) is 4.74 Å². The molecular formula is C12H17ClFNO3. The number of benzene rings is 1. The van der Waals surface area contributed by atoms with Gasteiger partial charge in [-0.05, 0) is 12.1 Å². The number of nitrogens with one attached hydrogen (secondary N) is 1. The molecule has 0 bridgehead atoms. The molecule has 18 heavy (non-hydrogen) atoms. The van der Waals surface area contributed by atoms with Gasteiger partial charge in [0.15, 0.2) is 11.6 Å². The Morgan fingerprint density at radius 2 is 2.22 bits per heavy atom. The van der Waals surface area contributed by atoms with Gasteiger partial charge in [-0.1, -0.05) is 0 Å². The summed E-state index contributed by atoms with van der Waals surface area (Å²) in [7, 11) is 1.55. The summed E-state index contributed by atoms with van der Waals surface area (Å²) in [4.78, 5) is 0. The van der Waals surface area contributed by atoms with E-state index in [4.69, 9.17) is 21.1 Å². The number of hydrogen-bond acceptors (Lipinski definition) is 4. The van der Waals surface area contributed by atoms with Crippen molar-refractivity contribution in [3.05, 3.63) is 24.0 Å². The maximum Gasteiger partial charge on any atom is 0.167 e. The minimum atomic E-state index is -0.660. The molecule has 0 heterocycles. The highest BCUT2D eigenvalue weighted by molar-refractivity contribution is 6.18. The minimum Gasteiger partial charge on any atom is -0.488 e. The highest BCUT2D eigenvalue weighted by Crippen LogP contribution is 2.21. The number of methoxy groups -OCH3 is 1. The largest absolute Gasteiger partial charge is 0.488 e. The molecule has 1 aromatic carbocycles. The van der Waals surface area contributed by atoms with E-state index in [2.05, 4.69) is 5.32 Å². The third-order valence-electron chi connectivity index (χ3n) is 2.20. The number of aliphatic hydroxyl groups excluding tert-OH is 1. The van der Waals surface area contributed by atoms with Crippen LogP contribution in [0.3, 0.4) is 0 Å². The van der Waals surface area contributed by atoms with E-state index in [1.165, 1.54) is 12.1 Å². The zero-order valence-corrected chi connectivity index (χ0v) is 10.9. The van der Waals surface area contributed by atoms with Crippen molar-refractivity contribution in [1.82, 2.24) is 0 Å². The van der Waals surface area contributed by atoms with Crippen molar-refractivity contribution in [2.75, 3.05) is 38.1 Å². The van der Waals surface area contributed by atoms with Gasteiger partial charge in [-0.3, -0.25) is 0 Å². The van der Waals surface area contributed by atoms with Gasteiger partial charge in [-0.25, -0.2) is 4.39 Å². The van der Waals surface area contributed by atoms with Crippen molar-refractivity contribution < 1.29 is 19.0 Å². The van der Waals surface area contributed by atoms with E-state index >= 15 is 0 Å². The third-order valence-corrected chi connectivity index (χ3v) is 2.55. The van der Waals surface area contributed by atoms with Crippen LogP contribution in [0.1, 0.15) is 0 Å². The number of aliphatic hydroxyl groups is 1. The molecule has 4 nitrogen and oxygen atoms in total. The highest BCUT2D eigenvalue weighted by atomic mass is 35.5. The van der Waals surface area contributed by atoms with Gasteiger partial charge in [-0.2, -0.15) is 0 Å². The Hall–Kier alpha value is -1.04. The lowest BCUT2D eigenvalue weighted by molar-refractivity contribution is 0.144. The van der Waals surface area contributed by atoms with Crippen molar-refractivity contribution in [1.29, 1.82) is 0 Å². The van der Waals surface area contributed by atoms with Gasteiger partial charge >= 0.3 is 0 Å². The number of anilines is 1. The monoisotopic (exact) mass is 277 g/mol. The fraction of sp³-hybridized carbons (Fsp3) is 0.500. The van der Waals surface area contributed by atoms with Crippen molar-refractivity contribution >= 4 is 17.3 Å². The van der Waals surface area contributed by atoms with E-state index in [1.807, 2.05) is 0 Å². The maximum atomic E-state index is 13.6. The van der Waals surface area contributed by atoms with Gasteiger partial charge < -0.3 is 19.9 Å². The summed E-state index contributed by atoms with van der Waals surface area (Å²) in [6.45, 7) is 0.972. The average molecular weight is 278 g/mol. The number of halogens is 2. The van der Waals surface area contributed by atoms with Crippen LogP contribution in [0, 0.1) is 5.82 Å². The Bertz CT molecular complexity index is 365. The Balaban J connectivity index is 2.50. The Kier molecular flexibility index (Phi) is 6.78. The van der Waals surface area contributed by atoms with Crippen LogP contribution in [0.5, 0.6) is 5.75 Å². The van der Waals surface area contributed by atoms with Crippen LogP contribution in [0.2, 0.25) is 0 Å². The van der Waals surface area contributed by atoms with Gasteiger partial charge in [0.2, 0.25) is 0 Å². The Labute approximate surface area is 111 Å². The summed E-state index contributed by atoms with van der Waals surface area (Å²) < 4.78 is 23.6. The first-order valence-electron chi connectivity index (χ1n) is 5.56. The van der Waals surface area contributed by atoms with E-state index in [9.17, 15) is 9.50 Å². The summed E-state index contributed by atoms with van der Waals surface area (Å²) in [5, 5.41) is 12.1. The van der Waals surface area contributed by atoms with Crippen molar-refractivity contribution in [2.24, 2.45) is 0 Å². The van der Waals surface area contributed by atoms with E-state index < -0.39 is 11.9 Å². The topological polar surface area (TPSA) is 50.7 Å². The molecule has 2 N–H and O–H groups in total. The fourth-order valence-corrected chi connectivity index (χ4v) is 1.36. The van der Waals surface area contributed by atoms with Crippen molar-refractivity contribution in [3.8, 4) is 5.75 Å². The molecule has 0 saturated heterocycles. The SMILES string of the molecule is COCCOc1ccc(NCC(O)CCl)cc1F. The molecule has 0 radical (unpaired) electrons. The fourth-order valence-electron chi connectivity index (χ4n) is 1.25. The second-order valence-electron chi connectivity index (χ2n) is 3.68. The van der Waals surface area contributed by atoms with Crippen LogP contribution in [0.15, 0.2) is 18.2 Å². The number of alkyl halides is 1. The maximum absolute atomic E-state index is 13.6. The van der Waals surface area contributed by atoms with Gasteiger partial charge in [0.25, 0.3) is 0 Å². The molecule has 1 rings (SSSR count). The molecule has 0 aliphatic heterocycles. The first kappa shape index (κ1) is 15.0. The number of ether oxygens (including phenoxy) is 2. The summed E-state index contributed by atoms with van der Waals surface area (Å²) in [6.07, 6.45) is -0.660. The Morgan fingerprint density at radius 3 is 2.83 bits per heavy atom. The van der Waals surface area contributed by atoms with Crippen molar-refractivity contribution in [3.63, 3.8) is 0 Å². The molecule has 0 saturated carbocycles. The second kappa shape index (κ2) is 8.13. The van der Waals surface area contributed by atoms with Crippen LogP contribution in [0.4, 0.5) is 10.1 Å². The first-order valence-corrected chi connectivity index (χ1v) is 6.10. The molecule has 0 amide bonds. The smallest absolute Gasteiger partial charge is 0.167 e. The molecule has 0 aromatic heterocycles. The zero-order chi connectivity index (χ0) is 13.4. The average Bonchev–Trinajstić information content (AvgIpc) is 2.38. The van der Waals surface area contributed by atoms with Gasteiger partial charge in [0.05, 0.1) is 18.6 Å². The van der Waals surface area contributed by atoms with E-state index in [0.717, 1.165) is 0 Å². The number of rotatable bonds is 8. The predicted molar refractivity (Wildman–Crippen MR) is 69.0 cm³/mol. The summed E-state index contributed by atoms with van der Waals surface area (Å²) >= 11 is 5.45. The van der Waals surface area contributed by atoms with E-state index in [1.54, 1.807) is 13.2 Å². The first-order chi connectivity index (χ1) is 8.67. The third kappa shape index (κ3) is 5.08. The molecule has 102 valence electrons. The lowest BCUT2D eigenvalue weighted by Crippen LogP contribution is -2.20. The molecule has 1 aromatic rings. The summed E-state index contributed by atoms with van der Waals surface area (Å²) in [5.74, 6) is -0.153. The van der Waals surface area contributed by atoms with Crippen LogP contribution >= 0.6 is 11.6 Å². The lowest BCUT2D eigenvalue weighted by Gasteiger charge is -2.11. The summed E-state index contributed by atoms with van der Waals surface area (Å²) in [6, 6.07) is 4.51. The van der Waals surface area contributed by atoms with Crippen LogP contribution in [-0.4, -0.2) is 44.0 Å². The minimum absolute atomic E-state index is 0.133. The van der Waals surface area contributed by atoms with E-state index in [-0.39, 0.29) is 18.2 Å².